The monoisotopic (exact) mass is 405 g/mol. The first-order valence-electron chi connectivity index (χ1n) is 9.42. The second-order valence-corrected chi connectivity index (χ2v) is 7.60. The van der Waals surface area contributed by atoms with Crippen molar-refractivity contribution >= 4 is 29.1 Å². The van der Waals surface area contributed by atoms with Crippen LogP contribution in [0.3, 0.4) is 0 Å². The van der Waals surface area contributed by atoms with Crippen LogP contribution in [0.1, 0.15) is 49.3 Å². The number of aromatic nitrogens is 3. The van der Waals surface area contributed by atoms with Gasteiger partial charge >= 0.3 is 5.69 Å². The number of rotatable bonds is 5. The van der Waals surface area contributed by atoms with E-state index < -0.39 is 5.91 Å². The number of carbonyl (C=O) groups is 2. The molecule has 0 fully saturated rings. The third-order valence-electron chi connectivity index (χ3n) is 4.50. The van der Waals surface area contributed by atoms with E-state index in [1.807, 2.05) is 13.8 Å². The standard InChI is InChI=1S/C19H24ClN5O3/c1-12(2)21-18(27)13-7-8-14(20)15(10-13)22-17(26)11-25-19(28)24-9-5-3-4-6-16(24)23-25/h7-8,10,12H,3-6,9,11H2,1-2H3,(H,21,27)(H,22,26). The van der Waals surface area contributed by atoms with Crippen molar-refractivity contribution in [2.75, 3.05) is 5.32 Å². The fourth-order valence-electron chi connectivity index (χ4n) is 3.16. The number of benzene rings is 1. The molecule has 1 aromatic carbocycles. The van der Waals surface area contributed by atoms with Gasteiger partial charge in [0.2, 0.25) is 5.91 Å². The number of nitrogens with zero attached hydrogens (tertiary/aromatic N) is 3. The third-order valence-corrected chi connectivity index (χ3v) is 4.83. The summed E-state index contributed by atoms with van der Waals surface area (Å²) in [5, 5.41) is 10.1. The minimum atomic E-state index is -0.432. The van der Waals surface area contributed by atoms with E-state index in [2.05, 4.69) is 15.7 Å². The van der Waals surface area contributed by atoms with Gasteiger partial charge in [-0.2, -0.15) is 5.10 Å². The predicted octanol–water partition coefficient (Wildman–Crippen LogP) is 2.20. The first-order chi connectivity index (χ1) is 13.3. The topological polar surface area (TPSA) is 98.0 Å². The van der Waals surface area contributed by atoms with E-state index >= 15 is 0 Å². The number of hydrogen-bond donors (Lipinski definition) is 2. The van der Waals surface area contributed by atoms with Crippen LogP contribution in [0.15, 0.2) is 23.0 Å². The van der Waals surface area contributed by atoms with E-state index in [-0.39, 0.29) is 24.2 Å². The molecule has 1 aromatic heterocycles. The Morgan fingerprint density at radius 2 is 2.04 bits per heavy atom. The van der Waals surface area contributed by atoms with Gasteiger partial charge in [-0.25, -0.2) is 9.48 Å². The molecular formula is C19H24ClN5O3. The maximum atomic E-state index is 12.5. The first kappa shape index (κ1) is 20.1. The number of anilines is 1. The first-order valence-corrected chi connectivity index (χ1v) is 9.79. The van der Waals surface area contributed by atoms with Crippen LogP contribution < -0.4 is 16.3 Å². The Labute approximate surface area is 167 Å². The molecule has 0 radical (unpaired) electrons. The van der Waals surface area contributed by atoms with Gasteiger partial charge in [-0.3, -0.25) is 14.2 Å². The van der Waals surface area contributed by atoms with Crippen molar-refractivity contribution in [2.45, 2.75) is 58.7 Å². The lowest BCUT2D eigenvalue weighted by Gasteiger charge is -2.11. The Balaban J connectivity index is 1.73. The van der Waals surface area contributed by atoms with Crippen LogP contribution in [-0.4, -0.2) is 32.2 Å². The fourth-order valence-corrected chi connectivity index (χ4v) is 3.33. The second-order valence-electron chi connectivity index (χ2n) is 7.19. The van der Waals surface area contributed by atoms with Crippen LogP contribution in [0.4, 0.5) is 5.69 Å². The van der Waals surface area contributed by atoms with Crippen LogP contribution in [0.2, 0.25) is 5.02 Å². The van der Waals surface area contributed by atoms with Gasteiger partial charge in [0.05, 0.1) is 10.7 Å². The molecule has 9 heteroatoms. The zero-order valence-electron chi connectivity index (χ0n) is 16.0. The quantitative estimate of drug-likeness (QED) is 0.796. The molecule has 1 aliphatic heterocycles. The summed E-state index contributed by atoms with van der Waals surface area (Å²) >= 11 is 6.15. The van der Waals surface area contributed by atoms with E-state index in [4.69, 9.17) is 11.6 Å². The maximum Gasteiger partial charge on any atom is 0.346 e. The molecule has 0 bridgehead atoms. The number of fused-ring (bicyclic) bond motifs is 1. The average Bonchev–Trinajstić information content (AvgIpc) is 2.80. The zero-order valence-corrected chi connectivity index (χ0v) is 16.8. The molecule has 2 N–H and O–H groups in total. The lowest BCUT2D eigenvalue weighted by atomic mass is 10.1. The molecule has 28 heavy (non-hydrogen) atoms. The van der Waals surface area contributed by atoms with Crippen LogP contribution in [0.25, 0.3) is 0 Å². The lowest BCUT2D eigenvalue weighted by Crippen LogP contribution is -2.31. The van der Waals surface area contributed by atoms with Gasteiger partial charge in [-0.1, -0.05) is 18.0 Å². The van der Waals surface area contributed by atoms with Crippen molar-refractivity contribution in [3.8, 4) is 0 Å². The number of amides is 2. The lowest BCUT2D eigenvalue weighted by molar-refractivity contribution is -0.117. The molecule has 150 valence electrons. The second kappa shape index (κ2) is 8.60. The van der Waals surface area contributed by atoms with Gasteiger partial charge in [-0.05, 0) is 44.9 Å². The molecule has 0 spiro atoms. The van der Waals surface area contributed by atoms with Gasteiger partial charge in [0.25, 0.3) is 5.91 Å². The van der Waals surface area contributed by atoms with E-state index in [0.717, 1.165) is 31.5 Å². The Hall–Kier alpha value is -2.61. The Morgan fingerprint density at radius 1 is 1.25 bits per heavy atom. The minimum Gasteiger partial charge on any atom is -0.350 e. The molecule has 1 aliphatic rings. The summed E-state index contributed by atoms with van der Waals surface area (Å²) in [6.07, 6.45) is 3.74. The maximum absolute atomic E-state index is 12.5. The van der Waals surface area contributed by atoms with Crippen LogP contribution >= 0.6 is 11.6 Å². The number of hydrogen-bond acceptors (Lipinski definition) is 4. The molecule has 3 rings (SSSR count). The summed E-state index contributed by atoms with van der Waals surface area (Å²) in [4.78, 5) is 37.1. The van der Waals surface area contributed by atoms with Gasteiger partial charge in [0, 0.05) is 24.6 Å². The third kappa shape index (κ3) is 4.62. The summed E-state index contributed by atoms with van der Waals surface area (Å²) in [5.41, 5.74) is 0.430. The Kier molecular flexibility index (Phi) is 6.18. The summed E-state index contributed by atoms with van der Waals surface area (Å²) < 4.78 is 2.82. The smallest absolute Gasteiger partial charge is 0.346 e. The SMILES string of the molecule is CC(C)NC(=O)c1ccc(Cl)c(NC(=O)Cn2nc3n(c2=O)CCCCC3)c1. The number of carbonyl (C=O) groups excluding carboxylic acids is 2. The Morgan fingerprint density at radius 3 is 2.79 bits per heavy atom. The molecule has 2 amide bonds. The van der Waals surface area contributed by atoms with Gasteiger partial charge in [-0.15, -0.1) is 0 Å². The average molecular weight is 406 g/mol. The van der Waals surface area contributed by atoms with E-state index in [0.29, 0.717) is 22.8 Å². The van der Waals surface area contributed by atoms with Crippen LogP contribution in [0, 0.1) is 0 Å². The van der Waals surface area contributed by atoms with Gasteiger partial charge in [0.15, 0.2) is 0 Å². The summed E-state index contributed by atoms with van der Waals surface area (Å²) in [5.74, 6) is 0.0376. The molecule has 0 saturated heterocycles. The van der Waals surface area contributed by atoms with E-state index in [9.17, 15) is 14.4 Å². The molecule has 0 unspecified atom stereocenters. The highest BCUT2D eigenvalue weighted by Crippen LogP contribution is 2.23. The highest BCUT2D eigenvalue weighted by atomic mass is 35.5. The fraction of sp³-hybridized carbons (Fsp3) is 0.474. The molecule has 0 atom stereocenters. The van der Waals surface area contributed by atoms with Crippen molar-refractivity contribution in [3.05, 3.63) is 45.1 Å². The number of halogens is 1. The molecule has 2 heterocycles. The minimum absolute atomic E-state index is 0.00996. The van der Waals surface area contributed by atoms with Gasteiger partial charge in [0.1, 0.15) is 12.4 Å². The van der Waals surface area contributed by atoms with Crippen molar-refractivity contribution in [1.82, 2.24) is 19.7 Å². The van der Waals surface area contributed by atoms with Crippen LogP contribution in [0.5, 0.6) is 0 Å². The molecule has 8 nitrogen and oxygen atoms in total. The van der Waals surface area contributed by atoms with Gasteiger partial charge < -0.3 is 10.6 Å². The van der Waals surface area contributed by atoms with Crippen molar-refractivity contribution in [1.29, 1.82) is 0 Å². The molecule has 2 aromatic rings. The van der Waals surface area contributed by atoms with Crippen molar-refractivity contribution < 1.29 is 9.59 Å². The summed E-state index contributed by atoms with van der Waals surface area (Å²) in [6, 6.07) is 4.65. The van der Waals surface area contributed by atoms with E-state index in [1.54, 1.807) is 16.7 Å². The zero-order chi connectivity index (χ0) is 20.3. The Bertz CT molecular complexity index is 948. The number of nitrogens with one attached hydrogen (secondary N) is 2. The largest absolute Gasteiger partial charge is 0.350 e. The predicted molar refractivity (Wildman–Crippen MR) is 107 cm³/mol. The van der Waals surface area contributed by atoms with Crippen LogP contribution in [-0.2, 0) is 24.3 Å². The highest BCUT2D eigenvalue weighted by molar-refractivity contribution is 6.33. The molecule has 0 saturated carbocycles. The number of aryl methyl sites for hydroxylation is 1. The highest BCUT2D eigenvalue weighted by Gasteiger charge is 2.18. The normalized spacial score (nSPS) is 13.7. The summed E-state index contributed by atoms with van der Waals surface area (Å²) in [6.45, 7) is 4.15. The molecular weight excluding hydrogens is 382 g/mol. The van der Waals surface area contributed by atoms with E-state index in [1.165, 1.54) is 10.7 Å². The van der Waals surface area contributed by atoms with Crippen molar-refractivity contribution in [2.24, 2.45) is 0 Å². The summed E-state index contributed by atoms with van der Waals surface area (Å²) in [7, 11) is 0. The van der Waals surface area contributed by atoms with Crippen molar-refractivity contribution in [3.63, 3.8) is 0 Å². The molecule has 0 aliphatic carbocycles.